The Kier molecular flexibility index (Phi) is 13.5. The van der Waals surface area contributed by atoms with Gasteiger partial charge in [0.15, 0.2) is 0 Å². The molecule has 0 spiro atoms. The minimum absolute atomic E-state index is 0.0499. The molecule has 0 radical (unpaired) electrons. The quantitative estimate of drug-likeness (QED) is 0.0807. The fourth-order valence-corrected chi connectivity index (χ4v) is 18.9. The molecule has 2 nitrogen and oxygen atoms in total. The molecule has 3 heteroatoms. The molecule has 2 heterocycles. The zero-order valence-corrected chi connectivity index (χ0v) is 59.6. The first-order valence-electron chi connectivity index (χ1n) is 37.6. The van der Waals surface area contributed by atoms with E-state index in [2.05, 4.69) is 395 Å². The lowest BCUT2D eigenvalue weighted by Gasteiger charge is -2.46. The molecule has 0 aliphatic carbocycles. The molecule has 0 N–H and O–H groups in total. The Morgan fingerprint density at radius 1 is 0.215 bits per heavy atom. The van der Waals surface area contributed by atoms with Gasteiger partial charge in [-0.05, 0) is 193 Å². The Morgan fingerprint density at radius 3 is 0.907 bits per heavy atom. The highest BCUT2D eigenvalue weighted by Crippen LogP contribution is 2.56. The number of fused-ring (bicyclic) bond motifs is 8. The van der Waals surface area contributed by atoms with E-state index in [-0.39, 0.29) is 12.1 Å². The van der Waals surface area contributed by atoms with Crippen LogP contribution < -0.4 is 26.2 Å². The molecule has 0 unspecified atom stereocenters. The molecular formula is C104H69BN2. The Bertz CT molecular complexity index is 6500. The van der Waals surface area contributed by atoms with Crippen LogP contribution in [-0.4, -0.2) is 6.71 Å². The van der Waals surface area contributed by atoms with Gasteiger partial charge in [0.2, 0.25) is 0 Å². The second-order valence-corrected chi connectivity index (χ2v) is 30.5. The van der Waals surface area contributed by atoms with Crippen molar-refractivity contribution in [3.63, 3.8) is 0 Å². The molecule has 0 aromatic heterocycles. The molecule has 0 saturated carbocycles. The van der Waals surface area contributed by atoms with Gasteiger partial charge in [0, 0.05) is 45.0 Å². The van der Waals surface area contributed by atoms with Gasteiger partial charge < -0.3 is 9.80 Å². The van der Waals surface area contributed by atoms with Gasteiger partial charge in [0.25, 0.3) is 6.71 Å². The summed E-state index contributed by atoms with van der Waals surface area (Å²) in [5, 5.41) is 20.4. The normalized spacial score (nSPS) is 12.8. The van der Waals surface area contributed by atoms with Crippen LogP contribution in [0.15, 0.2) is 364 Å². The SMILES string of the molecule is CC(C)(C)c1ccc(-c2cc3c4c(c2)N(c2c(-c5ccccc5)cccc2-c2ccccc2)c2ccc(-c5ccc6cccc7c8cccc9cccc(c5c67)c98)cc2B4c2cc(-c4ccc5cccc6c7cccc8cccc(c4c56)c87)ccc2N3c2c(-c3ccccc3)cccc2-c2ccccc2)cc1. The van der Waals surface area contributed by atoms with Gasteiger partial charge >= 0.3 is 0 Å². The molecule has 498 valence electrons. The lowest BCUT2D eigenvalue weighted by Crippen LogP contribution is -2.61. The minimum atomic E-state index is -0.309. The third-order valence-corrected chi connectivity index (χ3v) is 23.6. The molecule has 0 fully saturated rings. The van der Waals surface area contributed by atoms with E-state index in [0.717, 1.165) is 89.8 Å². The van der Waals surface area contributed by atoms with E-state index in [1.165, 1.54) is 130 Å². The predicted octanol–water partition coefficient (Wildman–Crippen LogP) is 26.8. The lowest BCUT2D eigenvalue weighted by molar-refractivity contribution is 0.590. The Labute approximate surface area is 622 Å². The van der Waals surface area contributed by atoms with Crippen molar-refractivity contribution >= 4 is 143 Å². The van der Waals surface area contributed by atoms with Crippen molar-refractivity contribution in [3.8, 4) is 77.9 Å². The molecule has 0 atom stereocenters. The van der Waals surface area contributed by atoms with Crippen LogP contribution in [0.5, 0.6) is 0 Å². The summed E-state index contributed by atoms with van der Waals surface area (Å²) in [5.41, 5.74) is 27.9. The zero-order valence-electron chi connectivity index (χ0n) is 59.6. The highest BCUT2D eigenvalue weighted by Gasteiger charge is 2.46. The summed E-state index contributed by atoms with van der Waals surface area (Å²) in [6.45, 7) is 6.63. The maximum absolute atomic E-state index is 2.70. The van der Waals surface area contributed by atoms with Crippen LogP contribution in [0.25, 0.3) is 164 Å². The summed E-state index contributed by atoms with van der Waals surface area (Å²) >= 11 is 0. The van der Waals surface area contributed by atoms with Crippen LogP contribution in [-0.2, 0) is 5.41 Å². The van der Waals surface area contributed by atoms with Crippen LogP contribution in [0.1, 0.15) is 26.3 Å². The molecule has 20 aromatic rings. The molecule has 0 saturated heterocycles. The Hall–Kier alpha value is -13.3. The topological polar surface area (TPSA) is 6.48 Å². The van der Waals surface area contributed by atoms with Crippen molar-refractivity contribution in [2.24, 2.45) is 0 Å². The van der Waals surface area contributed by atoms with Crippen molar-refractivity contribution in [1.29, 1.82) is 0 Å². The molecule has 107 heavy (non-hydrogen) atoms. The summed E-state index contributed by atoms with van der Waals surface area (Å²) in [5.74, 6) is 0. The van der Waals surface area contributed by atoms with Gasteiger partial charge in [0.05, 0.1) is 11.4 Å². The maximum Gasteiger partial charge on any atom is 0.252 e. The van der Waals surface area contributed by atoms with Crippen LogP contribution in [0.3, 0.4) is 0 Å². The van der Waals surface area contributed by atoms with Crippen LogP contribution in [0, 0.1) is 0 Å². The fourth-order valence-electron chi connectivity index (χ4n) is 18.9. The van der Waals surface area contributed by atoms with E-state index in [0.29, 0.717) is 0 Å². The molecule has 22 rings (SSSR count). The molecule has 2 aliphatic heterocycles. The third kappa shape index (κ3) is 9.27. The van der Waals surface area contributed by atoms with Gasteiger partial charge in [-0.1, -0.05) is 360 Å². The maximum atomic E-state index is 2.70. The lowest BCUT2D eigenvalue weighted by atomic mass is 9.33. The summed E-state index contributed by atoms with van der Waals surface area (Å²) in [4.78, 5) is 5.40. The van der Waals surface area contributed by atoms with E-state index in [1.807, 2.05) is 0 Å². The number of benzene rings is 20. The highest BCUT2D eigenvalue weighted by molar-refractivity contribution is 7.00. The average Bonchev–Trinajstić information content (AvgIpc) is 0.725. The van der Waals surface area contributed by atoms with E-state index < -0.39 is 0 Å². The van der Waals surface area contributed by atoms with E-state index in [9.17, 15) is 0 Å². The number of hydrogen-bond donors (Lipinski definition) is 0. The van der Waals surface area contributed by atoms with Crippen molar-refractivity contribution in [3.05, 3.63) is 370 Å². The second-order valence-electron chi connectivity index (χ2n) is 30.5. The summed E-state index contributed by atoms with van der Waals surface area (Å²) in [7, 11) is 0. The number of rotatable bonds is 9. The fraction of sp³-hybridized carbons (Fsp3) is 0.0385. The second kappa shape index (κ2) is 23.6. The van der Waals surface area contributed by atoms with Gasteiger partial charge in [-0.3, -0.25) is 0 Å². The zero-order chi connectivity index (χ0) is 70.8. The molecule has 2 aliphatic rings. The van der Waals surface area contributed by atoms with E-state index in [4.69, 9.17) is 0 Å². The van der Waals surface area contributed by atoms with Crippen molar-refractivity contribution in [2.75, 3.05) is 9.80 Å². The number of para-hydroxylation sites is 2. The average molecular weight is 1360 g/mol. The Balaban J connectivity index is 0.922. The van der Waals surface area contributed by atoms with Gasteiger partial charge in [0.1, 0.15) is 0 Å². The highest BCUT2D eigenvalue weighted by atomic mass is 15.2. The summed E-state index contributed by atoms with van der Waals surface area (Å²) in [6, 6.07) is 139. The molecule has 20 aromatic carbocycles. The summed E-state index contributed by atoms with van der Waals surface area (Å²) in [6.07, 6.45) is 0. The van der Waals surface area contributed by atoms with Gasteiger partial charge in [-0.25, -0.2) is 0 Å². The first-order valence-corrected chi connectivity index (χ1v) is 37.6. The van der Waals surface area contributed by atoms with Gasteiger partial charge in [-0.15, -0.1) is 0 Å². The summed E-state index contributed by atoms with van der Waals surface area (Å²) < 4.78 is 0. The monoisotopic (exact) mass is 1360 g/mol. The Morgan fingerprint density at radius 2 is 0.542 bits per heavy atom. The van der Waals surface area contributed by atoms with E-state index in [1.54, 1.807) is 0 Å². The number of nitrogens with zero attached hydrogens (tertiary/aromatic N) is 2. The molecular weight excluding hydrogens is 1290 g/mol. The largest absolute Gasteiger partial charge is 0.310 e. The van der Waals surface area contributed by atoms with Crippen molar-refractivity contribution in [2.45, 2.75) is 26.2 Å². The number of hydrogen-bond acceptors (Lipinski definition) is 2. The number of anilines is 6. The van der Waals surface area contributed by atoms with Crippen molar-refractivity contribution in [1.82, 2.24) is 0 Å². The van der Waals surface area contributed by atoms with Crippen LogP contribution in [0.2, 0.25) is 0 Å². The first kappa shape index (κ1) is 61.2. The van der Waals surface area contributed by atoms with Gasteiger partial charge in [-0.2, -0.15) is 0 Å². The standard InChI is InChI=1S/C104H69BN2/c1-104(2,3)76-54-48-64(49-55-76)75-62-93-101-94(63-75)107(103-81(67-28-12-6-13-29-67)40-23-41-82(103)68-30-14-7-15-31-68)92-59-53-74(78-57-51-72-37-19-45-86-84-43-17-33-70-35-21-47-88(96(70)84)100(78)98(72)86)61-90(92)105(101)89-60-73(77-56-50-71-36-18-44-85-83-42-16-32-69-34-20-46-87(95(69)83)99(77)97(71)85)52-58-91(89)106(93)102-79(65-24-8-4-9-25-65)38-22-39-80(102)66-26-10-5-11-27-66/h4-63H,1-3H3. The predicted molar refractivity (Wildman–Crippen MR) is 460 cm³/mol. The molecule has 0 bridgehead atoms. The van der Waals surface area contributed by atoms with E-state index >= 15 is 0 Å². The van der Waals surface area contributed by atoms with Crippen molar-refractivity contribution < 1.29 is 0 Å². The minimum Gasteiger partial charge on any atom is -0.310 e. The smallest absolute Gasteiger partial charge is 0.252 e. The van der Waals surface area contributed by atoms with Crippen LogP contribution in [0.4, 0.5) is 34.1 Å². The van der Waals surface area contributed by atoms with Crippen LogP contribution >= 0.6 is 0 Å². The first-order chi connectivity index (χ1) is 52.8. The third-order valence-electron chi connectivity index (χ3n) is 23.6. The molecule has 0 amide bonds.